The first-order chi connectivity index (χ1) is 15.5. The lowest BCUT2D eigenvalue weighted by atomic mass is 10.1. The molecule has 0 fully saturated rings. The quantitative estimate of drug-likeness (QED) is 0.429. The standard InChI is InChI=1S/C21H22Cl2F3N5O2/c1-12-9-15(10-13(2)17(12)22)33-11-30-8-5-16(28-30)20(32)27-6-4-7-31-14(3)18(23)19(29-31)21(24,25)26/h5,8-10H,4,6-7,11H2,1-3H3,(H,27,32). The Morgan fingerprint density at radius 3 is 2.39 bits per heavy atom. The van der Waals surface area contributed by atoms with Crippen LogP contribution in [0, 0.1) is 20.8 Å². The molecule has 0 atom stereocenters. The number of carbonyl (C=O) groups excluding carboxylic acids is 1. The maximum Gasteiger partial charge on any atom is 0.436 e. The predicted octanol–water partition coefficient (Wildman–Crippen LogP) is 5.19. The predicted molar refractivity (Wildman–Crippen MR) is 118 cm³/mol. The Balaban J connectivity index is 1.48. The molecule has 2 heterocycles. The maximum atomic E-state index is 12.9. The molecule has 33 heavy (non-hydrogen) atoms. The van der Waals surface area contributed by atoms with Crippen LogP contribution in [-0.2, 0) is 19.5 Å². The summed E-state index contributed by atoms with van der Waals surface area (Å²) >= 11 is 11.9. The molecule has 0 spiro atoms. The molecule has 0 radical (unpaired) electrons. The summed E-state index contributed by atoms with van der Waals surface area (Å²) in [5.41, 5.74) is 1.10. The van der Waals surface area contributed by atoms with E-state index >= 15 is 0 Å². The van der Waals surface area contributed by atoms with E-state index in [0.717, 1.165) is 11.1 Å². The average Bonchev–Trinajstić information content (AvgIpc) is 3.33. The SMILES string of the molecule is Cc1cc(OCn2ccc(C(=O)NCCCn3nc(C(F)(F)F)c(Cl)c3C)n2)cc(C)c1Cl. The number of aromatic nitrogens is 4. The molecule has 12 heteroatoms. The number of ether oxygens (including phenoxy) is 1. The van der Waals surface area contributed by atoms with Crippen molar-refractivity contribution < 1.29 is 22.7 Å². The van der Waals surface area contributed by atoms with Crippen molar-refractivity contribution >= 4 is 29.1 Å². The van der Waals surface area contributed by atoms with Gasteiger partial charge in [0.25, 0.3) is 5.91 Å². The summed E-state index contributed by atoms with van der Waals surface area (Å²) in [6.07, 6.45) is -2.64. The highest BCUT2D eigenvalue weighted by Crippen LogP contribution is 2.35. The van der Waals surface area contributed by atoms with Gasteiger partial charge in [-0.1, -0.05) is 23.2 Å². The summed E-state index contributed by atoms with van der Waals surface area (Å²) in [6, 6.07) is 5.18. The second-order valence-corrected chi connectivity index (χ2v) is 8.22. The monoisotopic (exact) mass is 503 g/mol. The summed E-state index contributed by atoms with van der Waals surface area (Å²) in [4.78, 5) is 12.3. The minimum Gasteiger partial charge on any atom is -0.471 e. The summed E-state index contributed by atoms with van der Waals surface area (Å²) in [6.45, 7) is 5.74. The van der Waals surface area contributed by atoms with Gasteiger partial charge in [-0.3, -0.25) is 9.48 Å². The topological polar surface area (TPSA) is 74.0 Å². The molecule has 3 rings (SSSR count). The normalized spacial score (nSPS) is 11.6. The third-order valence-corrected chi connectivity index (χ3v) is 5.93. The van der Waals surface area contributed by atoms with Crippen molar-refractivity contribution in [2.75, 3.05) is 6.54 Å². The first kappa shape index (κ1) is 24.9. The molecule has 2 aromatic heterocycles. The van der Waals surface area contributed by atoms with Crippen molar-refractivity contribution in [1.29, 1.82) is 0 Å². The average molecular weight is 504 g/mol. The van der Waals surface area contributed by atoms with Gasteiger partial charge in [-0.15, -0.1) is 0 Å². The number of carbonyl (C=O) groups is 1. The van der Waals surface area contributed by atoms with Crippen molar-refractivity contribution in [2.45, 2.75) is 46.6 Å². The third-order valence-electron chi connectivity index (χ3n) is 4.88. The van der Waals surface area contributed by atoms with Crippen LogP contribution in [0.4, 0.5) is 13.2 Å². The molecule has 0 aliphatic heterocycles. The number of nitrogens with zero attached hydrogens (tertiary/aromatic N) is 4. The first-order valence-corrected chi connectivity index (χ1v) is 10.7. The molecule has 0 saturated heterocycles. The molecule has 1 N–H and O–H groups in total. The zero-order valence-electron chi connectivity index (χ0n) is 18.1. The van der Waals surface area contributed by atoms with Gasteiger partial charge < -0.3 is 10.1 Å². The number of hydrogen-bond donors (Lipinski definition) is 1. The van der Waals surface area contributed by atoms with Crippen LogP contribution in [0.15, 0.2) is 24.4 Å². The summed E-state index contributed by atoms with van der Waals surface area (Å²) < 4.78 is 47.0. The highest BCUT2D eigenvalue weighted by molar-refractivity contribution is 6.32. The largest absolute Gasteiger partial charge is 0.471 e. The lowest BCUT2D eigenvalue weighted by molar-refractivity contribution is -0.141. The second-order valence-electron chi connectivity index (χ2n) is 7.46. The van der Waals surface area contributed by atoms with Gasteiger partial charge in [0.05, 0.1) is 10.7 Å². The van der Waals surface area contributed by atoms with Crippen LogP contribution >= 0.6 is 23.2 Å². The van der Waals surface area contributed by atoms with Crippen LogP contribution in [0.3, 0.4) is 0 Å². The third kappa shape index (κ3) is 6.00. The van der Waals surface area contributed by atoms with Crippen molar-refractivity contribution in [2.24, 2.45) is 0 Å². The van der Waals surface area contributed by atoms with Crippen LogP contribution in [-0.4, -0.2) is 32.0 Å². The lowest BCUT2D eigenvalue weighted by Crippen LogP contribution is -2.26. The minimum absolute atomic E-state index is 0.106. The molecule has 1 aromatic carbocycles. The molecule has 0 saturated carbocycles. The molecule has 0 unspecified atom stereocenters. The number of halogens is 5. The number of aryl methyl sites for hydroxylation is 3. The van der Waals surface area contributed by atoms with Gasteiger partial charge in [0.1, 0.15) is 11.4 Å². The number of benzene rings is 1. The van der Waals surface area contributed by atoms with Crippen LogP contribution < -0.4 is 10.1 Å². The van der Waals surface area contributed by atoms with Gasteiger partial charge in [-0.25, -0.2) is 4.68 Å². The molecule has 0 bridgehead atoms. The van der Waals surface area contributed by atoms with E-state index in [9.17, 15) is 18.0 Å². The molecule has 7 nitrogen and oxygen atoms in total. The minimum atomic E-state index is -4.62. The molecule has 3 aromatic rings. The first-order valence-electron chi connectivity index (χ1n) is 9.98. The number of nitrogens with one attached hydrogen (secondary N) is 1. The lowest BCUT2D eigenvalue weighted by Gasteiger charge is -2.10. The van der Waals surface area contributed by atoms with Crippen molar-refractivity contribution in [3.8, 4) is 5.75 Å². The Hall–Kier alpha value is -2.72. The highest BCUT2D eigenvalue weighted by Gasteiger charge is 2.38. The van der Waals surface area contributed by atoms with E-state index in [1.165, 1.54) is 16.3 Å². The Labute approximate surface area is 198 Å². The Morgan fingerprint density at radius 2 is 1.79 bits per heavy atom. The van der Waals surface area contributed by atoms with Gasteiger partial charge in [0.15, 0.2) is 12.4 Å². The fourth-order valence-electron chi connectivity index (χ4n) is 3.13. The molecule has 1 amide bonds. The van der Waals surface area contributed by atoms with E-state index in [0.29, 0.717) is 17.2 Å². The summed E-state index contributed by atoms with van der Waals surface area (Å²) in [5.74, 6) is 0.233. The van der Waals surface area contributed by atoms with E-state index in [4.69, 9.17) is 27.9 Å². The van der Waals surface area contributed by atoms with Crippen molar-refractivity contribution in [1.82, 2.24) is 24.9 Å². The van der Waals surface area contributed by atoms with E-state index in [1.54, 1.807) is 12.3 Å². The van der Waals surface area contributed by atoms with E-state index in [2.05, 4.69) is 15.5 Å². The highest BCUT2D eigenvalue weighted by atomic mass is 35.5. The Morgan fingerprint density at radius 1 is 1.12 bits per heavy atom. The maximum absolute atomic E-state index is 12.9. The van der Waals surface area contributed by atoms with Crippen molar-refractivity contribution in [3.63, 3.8) is 0 Å². The van der Waals surface area contributed by atoms with E-state index < -0.39 is 22.8 Å². The zero-order valence-corrected chi connectivity index (χ0v) is 19.6. The van der Waals surface area contributed by atoms with E-state index in [-0.39, 0.29) is 31.2 Å². The molecular weight excluding hydrogens is 482 g/mol. The van der Waals surface area contributed by atoms with Gasteiger partial charge in [-0.05, 0) is 56.5 Å². The van der Waals surface area contributed by atoms with Crippen LogP contribution in [0.25, 0.3) is 0 Å². The van der Waals surface area contributed by atoms with Crippen molar-refractivity contribution in [3.05, 3.63) is 62.6 Å². The fraction of sp³-hybridized carbons (Fsp3) is 0.381. The van der Waals surface area contributed by atoms with Gasteiger partial charge in [-0.2, -0.15) is 23.4 Å². The zero-order chi connectivity index (χ0) is 24.3. The van der Waals surface area contributed by atoms with Crippen LogP contribution in [0.5, 0.6) is 5.75 Å². The number of rotatable bonds is 8. The van der Waals surface area contributed by atoms with Crippen LogP contribution in [0.1, 0.15) is 39.4 Å². The van der Waals surface area contributed by atoms with Gasteiger partial charge in [0.2, 0.25) is 0 Å². The molecule has 178 valence electrons. The second kappa shape index (κ2) is 10.0. The molecule has 0 aliphatic rings. The Kier molecular flexibility index (Phi) is 7.58. The number of amides is 1. The smallest absolute Gasteiger partial charge is 0.436 e. The summed E-state index contributed by atoms with van der Waals surface area (Å²) in [5, 5.41) is 10.7. The van der Waals surface area contributed by atoms with Gasteiger partial charge in [0, 0.05) is 24.3 Å². The van der Waals surface area contributed by atoms with Crippen LogP contribution in [0.2, 0.25) is 10.0 Å². The summed E-state index contributed by atoms with van der Waals surface area (Å²) in [7, 11) is 0. The number of hydrogen-bond acceptors (Lipinski definition) is 4. The molecule has 0 aliphatic carbocycles. The van der Waals surface area contributed by atoms with E-state index in [1.807, 2.05) is 26.0 Å². The molecular formula is C21H22Cl2F3N5O2. The number of alkyl halides is 3. The fourth-order valence-corrected chi connectivity index (χ4v) is 3.48. The Bertz CT molecular complexity index is 1130. The van der Waals surface area contributed by atoms with Gasteiger partial charge >= 0.3 is 6.18 Å².